The van der Waals surface area contributed by atoms with Gasteiger partial charge in [0.25, 0.3) is 5.91 Å². The fraction of sp³-hybridized carbons (Fsp3) is 0.188. The third-order valence-corrected chi connectivity index (χ3v) is 4.04. The highest BCUT2D eigenvalue weighted by Gasteiger charge is 2.08. The number of hydrogen-bond acceptors (Lipinski definition) is 1. The molecule has 2 aromatic carbocycles. The van der Waals surface area contributed by atoms with Crippen molar-refractivity contribution >= 4 is 33.4 Å². The molecule has 104 valence electrons. The molecule has 0 aliphatic heterocycles. The van der Waals surface area contributed by atoms with Crippen molar-refractivity contribution in [3.8, 4) is 0 Å². The normalized spacial score (nSPS) is 10.3. The Morgan fingerprint density at radius 2 is 1.80 bits per heavy atom. The lowest BCUT2D eigenvalue weighted by Crippen LogP contribution is -2.25. The van der Waals surface area contributed by atoms with Gasteiger partial charge in [-0.05, 0) is 52.5 Å². The molecule has 0 fully saturated rings. The van der Waals surface area contributed by atoms with Crippen molar-refractivity contribution in [3.05, 3.63) is 69.2 Å². The van der Waals surface area contributed by atoms with Crippen LogP contribution in [0.1, 0.15) is 22.3 Å². The molecule has 0 saturated heterocycles. The van der Waals surface area contributed by atoms with Gasteiger partial charge in [-0.1, -0.05) is 41.9 Å². The standard InChI is InChI=1S/C16H15BrClNO/c17-14-9-3-2-8-13(14)16(20)19-11-5-7-12-6-1-4-10-15(12)18/h1-4,6,8-10H,5,7,11H2,(H,19,20). The lowest BCUT2D eigenvalue weighted by molar-refractivity contribution is 0.0952. The summed E-state index contributed by atoms with van der Waals surface area (Å²) in [6.07, 6.45) is 1.72. The average molecular weight is 353 g/mol. The number of rotatable bonds is 5. The van der Waals surface area contributed by atoms with Crippen LogP contribution in [0.15, 0.2) is 53.0 Å². The largest absolute Gasteiger partial charge is 0.352 e. The molecule has 0 aromatic heterocycles. The second-order valence-corrected chi connectivity index (χ2v) is 5.69. The van der Waals surface area contributed by atoms with Gasteiger partial charge in [-0.3, -0.25) is 4.79 Å². The van der Waals surface area contributed by atoms with Crippen molar-refractivity contribution in [3.63, 3.8) is 0 Å². The molecule has 0 heterocycles. The third kappa shape index (κ3) is 4.09. The minimum Gasteiger partial charge on any atom is -0.352 e. The number of halogens is 2. The van der Waals surface area contributed by atoms with Crippen LogP contribution in [0.4, 0.5) is 0 Å². The summed E-state index contributed by atoms with van der Waals surface area (Å²) in [4.78, 5) is 12.0. The number of carbonyl (C=O) groups is 1. The first-order valence-electron chi connectivity index (χ1n) is 6.44. The van der Waals surface area contributed by atoms with E-state index in [9.17, 15) is 4.79 Å². The van der Waals surface area contributed by atoms with Gasteiger partial charge in [-0.15, -0.1) is 0 Å². The number of aryl methyl sites for hydroxylation is 1. The molecule has 0 saturated carbocycles. The number of benzene rings is 2. The zero-order valence-electron chi connectivity index (χ0n) is 10.9. The minimum atomic E-state index is -0.0587. The van der Waals surface area contributed by atoms with Crippen LogP contribution >= 0.6 is 27.5 Å². The van der Waals surface area contributed by atoms with Crippen molar-refractivity contribution in [2.45, 2.75) is 12.8 Å². The Balaban J connectivity index is 1.81. The Labute approximate surface area is 132 Å². The van der Waals surface area contributed by atoms with E-state index in [1.165, 1.54) is 0 Å². The van der Waals surface area contributed by atoms with Crippen LogP contribution in [-0.2, 0) is 6.42 Å². The van der Waals surface area contributed by atoms with Gasteiger partial charge >= 0.3 is 0 Å². The number of carbonyl (C=O) groups excluding carboxylic acids is 1. The first kappa shape index (κ1) is 15.1. The van der Waals surface area contributed by atoms with Gasteiger partial charge in [0.1, 0.15) is 0 Å². The van der Waals surface area contributed by atoms with Crippen LogP contribution in [0, 0.1) is 0 Å². The predicted octanol–water partition coefficient (Wildman–Crippen LogP) is 4.47. The van der Waals surface area contributed by atoms with Crippen LogP contribution < -0.4 is 5.32 Å². The Bertz CT molecular complexity index is 601. The zero-order chi connectivity index (χ0) is 14.4. The van der Waals surface area contributed by atoms with Crippen LogP contribution in [-0.4, -0.2) is 12.5 Å². The fourth-order valence-electron chi connectivity index (χ4n) is 1.92. The summed E-state index contributed by atoms with van der Waals surface area (Å²) < 4.78 is 0.809. The van der Waals surface area contributed by atoms with E-state index < -0.39 is 0 Å². The summed E-state index contributed by atoms with van der Waals surface area (Å²) in [5.74, 6) is -0.0587. The zero-order valence-corrected chi connectivity index (χ0v) is 13.2. The summed E-state index contributed by atoms with van der Waals surface area (Å²) in [5, 5.41) is 3.70. The molecule has 1 amide bonds. The molecular weight excluding hydrogens is 338 g/mol. The molecule has 2 aromatic rings. The van der Waals surface area contributed by atoms with Crippen molar-refractivity contribution < 1.29 is 4.79 Å². The second kappa shape index (κ2) is 7.46. The summed E-state index contributed by atoms with van der Waals surface area (Å²) >= 11 is 9.46. The molecular formula is C16H15BrClNO. The van der Waals surface area contributed by atoms with Crippen molar-refractivity contribution in [1.82, 2.24) is 5.32 Å². The Hall–Kier alpha value is -1.32. The van der Waals surface area contributed by atoms with Gasteiger partial charge < -0.3 is 5.32 Å². The first-order chi connectivity index (χ1) is 9.68. The van der Waals surface area contributed by atoms with Gasteiger partial charge in [0.15, 0.2) is 0 Å². The minimum absolute atomic E-state index is 0.0587. The highest BCUT2D eigenvalue weighted by Crippen LogP contribution is 2.17. The third-order valence-electron chi connectivity index (χ3n) is 2.98. The maximum absolute atomic E-state index is 12.0. The fourth-order valence-corrected chi connectivity index (χ4v) is 2.62. The molecule has 2 rings (SSSR count). The molecule has 0 unspecified atom stereocenters. The maximum atomic E-state index is 12.0. The highest BCUT2D eigenvalue weighted by atomic mass is 79.9. The molecule has 0 radical (unpaired) electrons. The molecule has 0 aliphatic rings. The van der Waals surface area contributed by atoms with E-state index in [-0.39, 0.29) is 5.91 Å². The van der Waals surface area contributed by atoms with Crippen LogP contribution in [0.3, 0.4) is 0 Å². The summed E-state index contributed by atoms with van der Waals surface area (Å²) in [5.41, 5.74) is 1.77. The van der Waals surface area contributed by atoms with Crippen LogP contribution in [0.2, 0.25) is 5.02 Å². The van der Waals surface area contributed by atoms with E-state index in [1.54, 1.807) is 6.07 Å². The summed E-state index contributed by atoms with van der Waals surface area (Å²) in [6, 6.07) is 15.2. The highest BCUT2D eigenvalue weighted by molar-refractivity contribution is 9.10. The number of amides is 1. The molecule has 2 nitrogen and oxygen atoms in total. The smallest absolute Gasteiger partial charge is 0.252 e. The van der Waals surface area contributed by atoms with Crippen LogP contribution in [0.25, 0.3) is 0 Å². The number of hydrogen-bond donors (Lipinski definition) is 1. The summed E-state index contributed by atoms with van der Waals surface area (Å²) in [6.45, 7) is 0.630. The van der Waals surface area contributed by atoms with Gasteiger partial charge in [0, 0.05) is 16.0 Å². The van der Waals surface area contributed by atoms with E-state index in [4.69, 9.17) is 11.6 Å². The predicted molar refractivity (Wildman–Crippen MR) is 86.2 cm³/mol. The maximum Gasteiger partial charge on any atom is 0.252 e. The van der Waals surface area contributed by atoms with Gasteiger partial charge in [-0.2, -0.15) is 0 Å². The van der Waals surface area contributed by atoms with Gasteiger partial charge in [0.2, 0.25) is 0 Å². The molecule has 0 atom stereocenters. The average Bonchev–Trinajstić information content (AvgIpc) is 2.45. The molecule has 0 bridgehead atoms. The Morgan fingerprint density at radius 1 is 1.10 bits per heavy atom. The SMILES string of the molecule is O=C(NCCCc1ccccc1Cl)c1ccccc1Br. The molecule has 1 N–H and O–H groups in total. The number of nitrogens with one attached hydrogen (secondary N) is 1. The first-order valence-corrected chi connectivity index (χ1v) is 7.61. The summed E-state index contributed by atoms with van der Waals surface area (Å²) in [7, 11) is 0. The second-order valence-electron chi connectivity index (χ2n) is 4.43. The molecule has 20 heavy (non-hydrogen) atoms. The molecule has 0 aliphatic carbocycles. The van der Waals surface area contributed by atoms with E-state index in [0.717, 1.165) is 27.9 Å². The Morgan fingerprint density at radius 3 is 2.55 bits per heavy atom. The van der Waals surface area contributed by atoms with E-state index in [1.807, 2.05) is 42.5 Å². The molecule has 0 spiro atoms. The Kier molecular flexibility index (Phi) is 5.62. The topological polar surface area (TPSA) is 29.1 Å². The van der Waals surface area contributed by atoms with Gasteiger partial charge in [-0.25, -0.2) is 0 Å². The van der Waals surface area contributed by atoms with Crippen molar-refractivity contribution in [2.75, 3.05) is 6.54 Å². The van der Waals surface area contributed by atoms with E-state index in [0.29, 0.717) is 12.1 Å². The lowest BCUT2D eigenvalue weighted by atomic mass is 10.1. The van der Waals surface area contributed by atoms with Gasteiger partial charge in [0.05, 0.1) is 5.56 Å². The monoisotopic (exact) mass is 351 g/mol. The quantitative estimate of drug-likeness (QED) is 0.791. The van der Waals surface area contributed by atoms with Crippen molar-refractivity contribution in [1.29, 1.82) is 0 Å². The lowest BCUT2D eigenvalue weighted by Gasteiger charge is -2.07. The molecule has 4 heteroatoms. The van der Waals surface area contributed by atoms with E-state index >= 15 is 0 Å². The van der Waals surface area contributed by atoms with Crippen LogP contribution in [0.5, 0.6) is 0 Å². The van der Waals surface area contributed by atoms with Crippen molar-refractivity contribution in [2.24, 2.45) is 0 Å². The van der Waals surface area contributed by atoms with E-state index in [2.05, 4.69) is 21.2 Å².